The number of amidine groups is 1. The molecular formula is C22H27N3O4. The molecule has 1 atom stereocenters. The fraction of sp³-hybridized carbons (Fsp3) is 0.318. The Labute approximate surface area is 170 Å². The van der Waals surface area contributed by atoms with Gasteiger partial charge in [0.25, 0.3) is 0 Å². The van der Waals surface area contributed by atoms with E-state index in [1.54, 1.807) is 24.3 Å². The van der Waals surface area contributed by atoms with Gasteiger partial charge in [-0.1, -0.05) is 36.4 Å². The lowest BCUT2D eigenvalue weighted by Gasteiger charge is -2.18. The molecule has 0 aliphatic rings. The van der Waals surface area contributed by atoms with Gasteiger partial charge in [-0.25, -0.2) is 0 Å². The molecule has 0 aliphatic carbocycles. The van der Waals surface area contributed by atoms with Gasteiger partial charge in [-0.05, 0) is 42.5 Å². The van der Waals surface area contributed by atoms with Crippen LogP contribution in [-0.2, 0) is 16.0 Å². The first-order valence-electron chi connectivity index (χ1n) is 9.47. The molecule has 5 N–H and O–H groups in total. The molecule has 2 aromatic carbocycles. The van der Waals surface area contributed by atoms with E-state index in [1.165, 1.54) is 7.11 Å². The van der Waals surface area contributed by atoms with Crippen LogP contribution >= 0.6 is 0 Å². The van der Waals surface area contributed by atoms with Gasteiger partial charge in [-0.2, -0.15) is 0 Å². The Bertz CT molecular complexity index is 849. The minimum absolute atomic E-state index is 0.0418. The minimum Gasteiger partial charge on any atom is -0.497 e. The number of nitrogens with one attached hydrogen (secondary N) is 2. The van der Waals surface area contributed by atoms with Crippen molar-refractivity contribution >= 4 is 17.7 Å². The summed E-state index contributed by atoms with van der Waals surface area (Å²) in [6.07, 6.45) is 2.47. The highest BCUT2D eigenvalue weighted by atomic mass is 16.5. The van der Waals surface area contributed by atoms with Crippen molar-refractivity contribution in [2.45, 2.75) is 38.1 Å². The quantitative estimate of drug-likeness (QED) is 0.263. The summed E-state index contributed by atoms with van der Waals surface area (Å²) in [6, 6.07) is 13.9. The smallest absolute Gasteiger partial charge is 0.305 e. The molecule has 2 rings (SSSR count). The van der Waals surface area contributed by atoms with E-state index >= 15 is 0 Å². The van der Waals surface area contributed by atoms with Crippen LogP contribution < -0.4 is 15.8 Å². The molecule has 0 saturated heterocycles. The summed E-state index contributed by atoms with van der Waals surface area (Å²) in [4.78, 5) is 23.5. The van der Waals surface area contributed by atoms with E-state index in [-0.39, 0.29) is 18.2 Å². The van der Waals surface area contributed by atoms with Crippen molar-refractivity contribution in [3.63, 3.8) is 0 Å². The van der Waals surface area contributed by atoms with Gasteiger partial charge >= 0.3 is 5.97 Å². The highest BCUT2D eigenvalue weighted by Gasteiger charge is 2.18. The Hall–Kier alpha value is -3.35. The van der Waals surface area contributed by atoms with Gasteiger partial charge in [-0.3, -0.25) is 15.0 Å². The molecule has 154 valence electrons. The van der Waals surface area contributed by atoms with Crippen LogP contribution in [0.2, 0.25) is 0 Å². The Morgan fingerprint density at radius 2 is 1.90 bits per heavy atom. The SMILES string of the molecule is COc1cccc(C(CC(=O)O)NC(=O)CCCCc2ccc(C(=N)N)cc2)c1. The number of carbonyl (C=O) groups is 2. The van der Waals surface area contributed by atoms with Crippen LogP contribution in [0.15, 0.2) is 48.5 Å². The van der Waals surface area contributed by atoms with E-state index in [4.69, 9.17) is 15.9 Å². The topological polar surface area (TPSA) is 125 Å². The molecule has 0 saturated carbocycles. The lowest BCUT2D eigenvalue weighted by molar-refractivity contribution is -0.137. The number of rotatable bonds is 11. The summed E-state index contributed by atoms with van der Waals surface area (Å²) in [7, 11) is 1.54. The van der Waals surface area contributed by atoms with Crippen LogP contribution in [0, 0.1) is 5.41 Å². The molecule has 0 radical (unpaired) electrons. The maximum atomic E-state index is 12.3. The van der Waals surface area contributed by atoms with Crippen molar-refractivity contribution in [2.24, 2.45) is 5.73 Å². The summed E-state index contributed by atoms with van der Waals surface area (Å²) >= 11 is 0. The Morgan fingerprint density at radius 3 is 2.52 bits per heavy atom. The molecular weight excluding hydrogens is 370 g/mol. The van der Waals surface area contributed by atoms with Crippen LogP contribution in [0.4, 0.5) is 0 Å². The van der Waals surface area contributed by atoms with Gasteiger partial charge in [0.1, 0.15) is 11.6 Å². The number of aliphatic carboxylic acids is 1. The fourth-order valence-electron chi connectivity index (χ4n) is 3.02. The Balaban J connectivity index is 1.84. The molecule has 0 heterocycles. The molecule has 0 spiro atoms. The molecule has 7 heteroatoms. The number of hydrogen-bond donors (Lipinski definition) is 4. The molecule has 7 nitrogen and oxygen atoms in total. The van der Waals surface area contributed by atoms with Gasteiger partial charge in [0, 0.05) is 12.0 Å². The molecule has 0 aromatic heterocycles. The molecule has 29 heavy (non-hydrogen) atoms. The van der Waals surface area contributed by atoms with E-state index in [1.807, 2.05) is 24.3 Å². The van der Waals surface area contributed by atoms with E-state index in [0.717, 1.165) is 18.4 Å². The lowest BCUT2D eigenvalue weighted by Crippen LogP contribution is -2.30. The zero-order valence-electron chi connectivity index (χ0n) is 16.5. The number of nitrogen functional groups attached to an aromatic ring is 1. The minimum atomic E-state index is -0.980. The van der Waals surface area contributed by atoms with Crippen molar-refractivity contribution < 1.29 is 19.4 Å². The standard InChI is InChI=1S/C22H27N3O4/c1-29-18-7-4-6-17(13-18)19(14-21(27)28)25-20(26)8-3-2-5-15-9-11-16(12-10-15)22(23)24/h4,6-7,9-13,19H,2-3,5,8,14H2,1H3,(H3,23,24)(H,25,26)(H,27,28). The molecule has 2 aromatic rings. The number of aryl methyl sites for hydroxylation is 1. The number of carboxylic acid groups (broad SMARTS) is 1. The fourth-order valence-corrected chi connectivity index (χ4v) is 3.02. The van der Waals surface area contributed by atoms with Crippen molar-refractivity contribution in [1.82, 2.24) is 5.32 Å². The Kier molecular flexibility index (Phi) is 8.21. The van der Waals surface area contributed by atoms with Crippen molar-refractivity contribution in [3.8, 4) is 5.75 Å². The van der Waals surface area contributed by atoms with Crippen LogP contribution in [0.5, 0.6) is 5.75 Å². The molecule has 0 bridgehead atoms. The zero-order chi connectivity index (χ0) is 21.2. The average Bonchev–Trinajstić information content (AvgIpc) is 2.70. The summed E-state index contributed by atoms with van der Waals surface area (Å²) < 4.78 is 5.18. The van der Waals surface area contributed by atoms with Gasteiger partial charge in [0.05, 0.1) is 19.6 Å². The van der Waals surface area contributed by atoms with E-state index in [2.05, 4.69) is 5.32 Å². The van der Waals surface area contributed by atoms with Gasteiger partial charge in [0.2, 0.25) is 5.91 Å². The third-order valence-corrected chi connectivity index (χ3v) is 4.59. The molecule has 0 fully saturated rings. The van der Waals surface area contributed by atoms with Crippen LogP contribution in [0.1, 0.15) is 48.4 Å². The number of unbranched alkanes of at least 4 members (excludes halogenated alkanes) is 1. The van der Waals surface area contributed by atoms with E-state index in [0.29, 0.717) is 29.7 Å². The monoisotopic (exact) mass is 397 g/mol. The average molecular weight is 397 g/mol. The van der Waals surface area contributed by atoms with Gasteiger partial charge in [0.15, 0.2) is 0 Å². The number of nitrogens with two attached hydrogens (primary N) is 1. The molecule has 0 aliphatic heterocycles. The third-order valence-electron chi connectivity index (χ3n) is 4.59. The maximum Gasteiger partial charge on any atom is 0.305 e. The van der Waals surface area contributed by atoms with E-state index < -0.39 is 12.0 Å². The second-order valence-electron chi connectivity index (χ2n) is 6.81. The number of carbonyl (C=O) groups excluding carboxylic acids is 1. The van der Waals surface area contributed by atoms with Crippen molar-refractivity contribution in [3.05, 3.63) is 65.2 Å². The predicted molar refractivity (Wildman–Crippen MR) is 111 cm³/mol. The third kappa shape index (κ3) is 7.29. The van der Waals surface area contributed by atoms with Crippen molar-refractivity contribution in [2.75, 3.05) is 7.11 Å². The summed E-state index contributed by atoms with van der Waals surface area (Å²) in [5.41, 5.74) is 7.95. The van der Waals surface area contributed by atoms with Crippen LogP contribution in [0.3, 0.4) is 0 Å². The zero-order valence-corrected chi connectivity index (χ0v) is 16.5. The number of amides is 1. The number of benzene rings is 2. The second kappa shape index (κ2) is 10.8. The Morgan fingerprint density at radius 1 is 1.17 bits per heavy atom. The maximum absolute atomic E-state index is 12.3. The summed E-state index contributed by atoms with van der Waals surface area (Å²) in [5, 5.41) is 19.4. The van der Waals surface area contributed by atoms with E-state index in [9.17, 15) is 14.7 Å². The number of methoxy groups -OCH3 is 1. The van der Waals surface area contributed by atoms with Crippen molar-refractivity contribution in [1.29, 1.82) is 5.41 Å². The normalized spacial score (nSPS) is 11.5. The number of carboxylic acids is 1. The predicted octanol–water partition coefficient (Wildman–Crippen LogP) is 3.02. The first kappa shape index (κ1) is 21.9. The highest BCUT2D eigenvalue weighted by Crippen LogP contribution is 2.22. The van der Waals surface area contributed by atoms with Crippen LogP contribution in [0.25, 0.3) is 0 Å². The molecule has 1 unspecified atom stereocenters. The summed E-state index contributed by atoms with van der Waals surface area (Å²) in [5.74, 6) is -0.499. The molecule has 1 amide bonds. The lowest BCUT2D eigenvalue weighted by atomic mass is 10.0. The highest BCUT2D eigenvalue weighted by molar-refractivity contribution is 5.94. The number of ether oxygens (including phenoxy) is 1. The second-order valence-corrected chi connectivity index (χ2v) is 6.81. The van der Waals surface area contributed by atoms with Crippen LogP contribution in [-0.4, -0.2) is 29.9 Å². The number of hydrogen-bond acceptors (Lipinski definition) is 4. The summed E-state index contributed by atoms with van der Waals surface area (Å²) in [6.45, 7) is 0. The first-order valence-corrected chi connectivity index (χ1v) is 9.47. The largest absolute Gasteiger partial charge is 0.497 e. The first-order chi connectivity index (χ1) is 13.9. The van der Waals surface area contributed by atoms with Gasteiger partial charge in [-0.15, -0.1) is 0 Å². The van der Waals surface area contributed by atoms with Gasteiger partial charge < -0.3 is 20.9 Å².